The molecule has 26 heavy (non-hydrogen) atoms. The number of amides is 2. The Morgan fingerprint density at radius 2 is 1.50 bits per heavy atom. The number of hydrogen-bond donors (Lipinski definition) is 2. The molecule has 0 aliphatic carbocycles. The van der Waals surface area contributed by atoms with Gasteiger partial charge in [0.1, 0.15) is 0 Å². The third-order valence-corrected chi connectivity index (χ3v) is 3.85. The summed E-state index contributed by atoms with van der Waals surface area (Å²) in [6, 6.07) is 19.1. The van der Waals surface area contributed by atoms with Crippen molar-refractivity contribution in [1.82, 2.24) is 20.6 Å². The molecule has 0 saturated heterocycles. The summed E-state index contributed by atoms with van der Waals surface area (Å²) in [7, 11) is 0. The lowest BCUT2D eigenvalue weighted by Crippen LogP contribution is -2.42. The molecule has 0 radical (unpaired) electrons. The fourth-order valence-electron chi connectivity index (χ4n) is 2.50. The fraction of sp³-hybridized carbons (Fsp3) is 0.150. The average molecular weight is 348 g/mol. The van der Waals surface area contributed by atoms with E-state index in [-0.39, 0.29) is 24.7 Å². The van der Waals surface area contributed by atoms with Gasteiger partial charge < -0.3 is 0 Å². The second-order valence-electron chi connectivity index (χ2n) is 5.89. The smallest absolute Gasteiger partial charge is 0.242 e. The van der Waals surface area contributed by atoms with Crippen molar-refractivity contribution >= 4 is 11.8 Å². The lowest BCUT2D eigenvalue weighted by atomic mass is 10.1. The molecule has 2 amide bonds. The van der Waals surface area contributed by atoms with Gasteiger partial charge in [0.05, 0.1) is 18.3 Å². The van der Waals surface area contributed by atoms with Crippen LogP contribution < -0.4 is 10.9 Å². The molecule has 0 spiro atoms. The van der Waals surface area contributed by atoms with Gasteiger partial charge in [0.2, 0.25) is 11.8 Å². The predicted molar refractivity (Wildman–Crippen MR) is 98.3 cm³/mol. The van der Waals surface area contributed by atoms with Crippen molar-refractivity contribution in [2.75, 3.05) is 0 Å². The summed E-state index contributed by atoms with van der Waals surface area (Å²) in [5, 5.41) is 4.30. The van der Waals surface area contributed by atoms with Crippen molar-refractivity contribution in [2.24, 2.45) is 0 Å². The minimum absolute atomic E-state index is 0.227. The molecule has 2 N–H and O–H groups in total. The standard InChI is InChI=1S/C20H20N4O2/c25-19(22-23-20(26)13-16-7-3-1-4-8-16)12-11-17-14-21-24(15-17)18-9-5-2-6-10-18/h1-10,14-15H,11-13H2,(H,22,25)(H,23,26). The van der Waals surface area contributed by atoms with Gasteiger partial charge in [0, 0.05) is 12.6 Å². The number of aromatic nitrogens is 2. The SMILES string of the molecule is O=C(CCc1cnn(-c2ccccc2)c1)NNC(=O)Cc1ccccc1. The van der Waals surface area contributed by atoms with Crippen LogP contribution in [0.1, 0.15) is 17.5 Å². The van der Waals surface area contributed by atoms with Crippen LogP contribution >= 0.6 is 0 Å². The van der Waals surface area contributed by atoms with Crippen LogP contribution in [-0.4, -0.2) is 21.6 Å². The van der Waals surface area contributed by atoms with Crippen LogP contribution in [0.25, 0.3) is 5.69 Å². The van der Waals surface area contributed by atoms with Gasteiger partial charge in [-0.1, -0.05) is 48.5 Å². The van der Waals surface area contributed by atoms with Crippen LogP contribution in [0.4, 0.5) is 0 Å². The van der Waals surface area contributed by atoms with E-state index in [9.17, 15) is 9.59 Å². The molecule has 0 aliphatic rings. The summed E-state index contributed by atoms with van der Waals surface area (Å²) in [6.07, 6.45) is 4.69. The number of para-hydroxylation sites is 1. The van der Waals surface area contributed by atoms with Crippen LogP contribution in [-0.2, 0) is 22.4 Å². The van der Waals surface area contributed by atoms with E-state index in [0.29, 0.717) is 6.42 Å². The van der Waals surface area contributed by atoms with E-state index in [0.717, 1.165) is 16.8 Å². The zero-order valence-electron chi connectivity index (χ0n) is 14.3. The van der Waals surface area contributed by atoms with Crippen LogP contribution in [0.15, 0.2) is 73.1 Å². The van der Waals surface area contributed by atoms with Crippen molar-refractivity contribution in [1.29, 1.82) is 0 Å². The first-order chi connectivity index (χ1) is 12.7. The minimum atomic E-state index is -0.249. The van der Waals surface area contributed by atoms with E-state index >= 15 is 0 Å². The molecule has 6 nitrogen and oxygen atoms in total. The van der Waals surface area contributed by atoms with Crippen molar-refractivity contribution in [3.63, 3.8) is 0 Å². The monoisotopic (exact) mass is 348 g/mol. The maximum absolute atomic E-state index is 11.9. The summed E-state index contributed by atoms with van der Waals surface area (Å²) in [4.78, 5) is 23.7. The number of benzene rings is 2. The Bertz CT molecular complexity index is 860. The molecule has 0 bridgehead atoms. The van der Waals surface area contributed by atoms with E-state index in [1.165, 1.54) is 0 Å². The highest BCUT2D eigenvalue weighted by Gasteiger charge is 2.07. The average Bonchev–Trinajstić information content (AvgIpc) is 3.15. The van der Waals surface area contributed by atoms with Crippen molar-refractivity contribution < 1.29 is 9.59 Å². The number of nitrogens with zero attached hydrogens (tertiary/aromatic N) is 2. The van der Waals surface area contributed by atoms with E-state index < -0.39 is 0 Å². The van der Waals surface area contributed by atoms with Crippen LogP contribution in [0.2, 0.25) is 0 Å². The molecule has 0 atom stereocenters. The summed E-state index contributed by atoms with van der Waals surface area (Å²) >= 11 is 0. The van der Waals surface area contributed by atoms with E-state index in [1.807, 2.05) is 66.9 Å². The fourth-order valence-corrected chi connectivity index (χ4v) is 2.50. The third kappa shape index (κ3) is 5.04. The zero-order chi connectivity index (χ0) is 18.2. The number of rotatable bonds is 6. The summed E-state index contributed by atoms with van der Waals surface area (Å²) in [5.74, 6) is -0.486. The van der Waals surface area contributed by atoms with E-state index in [2.05, 4.69) is 16.0 Å². The molecule has 0 saturated carbocycles. The topological polar surface area (TPSA) is 76.0 Å². The first-order valence-electron chi connectivity index (χ1n) is 8.41. The number of carbonyl (C=O) groups is 2. The van der Waals surface area contributed by atoms with Gasteiger partial charge in [-0.05, 0) is 29.7 Å². The Hall–Kier alpha value is -3.41. The van der Waals surface area contributed by atoms with Crippen molar-refractivity contribution in [2.45, 2.75) is 19.3 Å². The number of carbonyl (C=O) groups excluding carboxylic acids is 2. The maximum Gasteiger partial charge on any atom is 0.242 e. The maximum atomic E-state index is 11.9. The highest BCUT2D eigenvalue weighted by Crippen LogP contribution is 2.09. The van der Waals surface area contributed by atoms with Crippen molar-refractivity contribution in [3.05, 3.63) is 84.2 Å². The van der Waals surface area contributed by atoms with Gasteiger partial charge >= 0.3 is 0 Å². The Labute approximate surface area is 151 Å². The van der Waals surface area contributed by atoms with Gasteiger partial charge in [-0.15, -0.1) is 0 Å². The molecule has 0 unspecified atom stereocenters. The Balaban J connectivity index is 1.42. The molecule has 6 heteroatoms. The lowest BCUT2D eigenvalue weighted by molar-refractivity contribution is -0.128. The van der Waals surface area contributed by atoms with Gasteiger partial charge in [0.15, 0.2) is 0 Å². The Morgan fingerprint density at radius 1 is 0.846 bits per heavy atom. The molecule has 0 aliphatic heterocycles. The third-order valence-electron chi connectivity index (χ3n) is 3.85. The highest BCUT2D eigenvalue weighted by atomic mass is 16.2. The largest absolute Gasteiger partial charge is 0.273 e. The van der Waals surface area contributed by atoms with Crippen molar-refractivity contribution in [3.8, 4) is 5.69 Å². The first-order valence-corrected chi connectivity index (χ1v) is 8.41. The van der Waals surface area contributed by atoms with E-state index in [4.69, 9.17) is 0 Å². The molecular formula is C20H20N4O2. The second kappa shape index (κ2) is 8.62. The minimum Gasteiger partial charge on any atom is -0.273 e. The van der Waals surface area contributed by atoms with Crippen LogP contribution in [0.3, 0.4) is 0 Å². The lowest BCUT2D eigenvalue weighted by Gasteiger charge is -2.07. The summed E-state index contributed by atoms with van der Waals surface area (Å²) in [5.41, 5.74) is 7.71. The van der Waals surface area contributed by atoms with Gasteiger partial charge in [-0.25, -0.2) is 4.68 Å². The first kappa shape index (κ1) is 17.4. The normalized spacial score (nSPS) is 10.3. The van der Waals surface area contributed by atoms with Gasteiger partial charge in [0.25, 0.3) is 0 Å². The van der Waals surface area contributed by atoms with Crippen LogP contribution in [0, 0.1) is 0 Å². The number of hydrogen-bond acceptors (Lipinski definition) is 3. The summed E-state index contributed by atoms with van der Waals surface area (Å²) < 4.78 is 1.77. The Kier molecular flexibility index (Phi) is 5.77. The predicted octanol–water partition coefficient (Wildman–Crippen LogP) is 2.19. The quantitative estimate of drug-likeness (QED) is 0.671. The molecule has 132 valence electrons. The molecular weight excluding hydrogens is 328 g/mol. The zero-order valence-corrected chi connectivity index (χ0v) is 14.3. The number of hydrazine groups is 1. The number of aryl methyl sites for hydroxylation is 1. The number of nitrogens with one attached hydrogen (secondary N) is 2. The second-order valence-corrected chi connectivity index (χ2v) is 5.89. The molecule has 0 fully saturated rings. The Morgan fingerprint density at radius 3 is 2.23 bits per heavy atom. The van der Waals surface area contributed by atoms with Gasteiger partial charge in [-0.3, -0.25) is 20.4 Å². The van der Waals surface area contributed by atoms with Gasteiger partial charge in [-0.2, -0.15) is 5.10 Å². The molecule has 1 heterocycles. The summed E-state index contributed by atoms with van der Waals surface area (Å²) in [6.45, 7) is 0. The molecule has 2 aromatic carbocycles. The van der Waals surface area contributed by atoms with Crippen LogP contribution in [0.5, 0.6) is 0 Å². The molecule has 3 aromatic rings. The molecule has 1 aromatic heterocycles. The van der Waals surface area contributed by atoms with E-state index in [1.54, 1.807) is 10.9 Å². The highest BCUT2D eigenvalue weighted by molar-refractivity contribution is 5.83. The molecule has 3 rings (SSSR count).